The van der Waals surface area contributed by atoms with Crippen molar-refractivity contribution < 1.29 is 4.74 Å². The topological polar surface area (TPSA) is 48.1 Å². The molecule has 0 saturated carbocycles. The first kappa shape index (κ1) is 8.49. The number of nitrogens with zero attached hydrogens (tertiary/aromatic N) is 1. The Morgan fingerprint density at radius 3 is 3.09 bits per heavy atom. The third kappa shape index (κ3) is 1.91. The number of anilines is 1. The summed E-state index contributed by atoms with van der Waals surface area (Å²) in [4.78, 5) is 3.90. The van der Waals surface area contributed by atoms with E-state index in [-0.39, 0.29) is 0 Å². The van der Waals surface area contributed by atoms with Crippen LogP contribution in [0, 0.1) is 0 Å². The molecule has 0 aliphatic carbocycles. The summed E-state index contributed by atoms with van der Waals surface area (Å²) in [5, 5.41) is 0. The lowest BCUT2D eigenvalue weighted by Gasteiger charge is -2.03. The lowest BCUT2D eigenvalue weighted by Crippen LogP contribution is -1.96. The van der Waals surface area contributed by atoms with Crippen molar-refractivity contribution in [2.24, 2.45) is 0 Å². The van der Waals surface area contributed by atoms with Gasteiger partial charge >= 0.3 is 0 Å². The summed E-state index contributed by atoms with van der Waals surface area (Å²) >= 11 is 3.31. The Morgan fingerprint density at radius 2 is 2.45 bits per heavy atom. The van der Waals surface area contributed by atoms with Gasteiger partial charge in [-0.25, -0.2) is 4.98 Å². The van der Waals surface area contributed by atoms with Crippen molar-refractivity contribution in [1.82, 2.24) is 4.98 Å². The smallest absolute Gasteiger partial charge is 0.138 e. The zero-order chi connectivity index (χ0) is 8.27. The van der Waals surface area contributed by atoms with E-state index in [9.17, 15) is 0 Å². The average molecular weight is 217 g/mol. The second-order valence-corrected chi connectivity index (χ2v) is 2.90. The maximum absolute atomic E-state index is 5.54. The molecule has 0 aromatic carbocycles. The molecule has 0 bridgehead atoms. The molecule has 0 aliphatic rings. The lowest BCUT2D eigenvalue weighted by molar-refractivity contribution is 0.184. The van der Waals surface area contributed by atoms with Crippen LogP contribution in [-0.2, 0) is 11.3 Å². The third-order valence-electron chi connectivity index (χ3n) is 1.30. The van der Waals surface area contributed by atoms with E-state index in [4.69, 9.17) is 10.5 Å². The van der Waals surface area contributed by atoms with Crippen LogP contribution in [0.25, 0.3) is 0 Å². The SMILES string of the molecule is COCc1ccnc(N)c1Br. The van der Waals surface area contributed by atoms with E-state index in [1.807, 2.05) is 6.07 Å². The molecule has 1 aromatic heterocycles. The van der Waals surface area contributed by atoms with Crippen molar-refractivity contribution in [3.63, 3.8) is 0 Å². The van der Waals surface area contributed by atoms with E-state index in [2.05, 4.69) is 20.9 Å². The van der Waals surface area contributed by atoms with Crippen molar-refractivity contribution in [2.75, 3.05) is 12.8 Å². The van der Waals surface area contributed by atoms with Gasteiger partial charge in [-0.15, -0.1) is 0 Å². The van der Waals surface area contributed by atoms with Crippen LogP contribution in [0.2, 0.25) is 0 Å². The number of hydrogen-bond donors (Lipinski definition) is 1. The molecular formula is C7H9BrN2O. The van der Waals surface area contributed by atoms with E-state index in [1.54, 1.807) is 13.3 Å². The van der Waals surface area contributed by atoms with Crippen LogP contribution in [0.15, 0.2) is 16.7 Å². The summed E-state index contributed by atoms with van der Waals surface area (Å²) in [6.07, 6.45) is 1.66. The molecule has 1 aromatic rings. The summed E-state index contributed by atoms with van der Waals surface area (Å²) in [7, 11) is 1.64. The van der Waals surface area contributed by atoms with E-state index < -0.39 is 0 Å². The van der Waals surface area contributed by atoms with Gasteiger partial charge in [-0.05, 0) is 27.6 Å². The molecule has 0 radical (unpaired) electrons. The fourth-order valence-electron chi connectivity index (χ4n) is 0.769. The highest BCUT2D eigenvalue weighted by molar-refractivity contribution is 9.10. The number of ether oxygens (including phenoxy) is 1. The van der Waals surface area contributed by atoms with E-state index in [1.165, 1.54) is 0 Å². The van der Waals surface area contributed by atoms with Gasteiger partial charge < -0.3 is 10.5 Å². The second-order valence-electron chi connectivity index (χ2n) is 2.10. The molecule has 0 atom stereocenters. The second kappa shape index (κ2) is 3.69. The number of halogens is 1. The van der Waals surface area contributed by atoms with Crippen LogP contribution in [0.4, 0.5) is 5.82 Å². The molecule has 60 valence electrons. The number of pyridine rings is 1. The minimum Gasteiger partial charge on any atom is -0.383 e. The monoisotopic (exact) mass is 216 g/mol. The zero-order valence-electron chi connectivity index (χ0n) is 6.17. The van der Waals surface area contributed by atoms with Gasteiger partial charge in [-0.2, -0.15) is 0 Å². The Labute approximate surface area is 73.7 Å². The van der Waals surface area contributed by atoms with Gasteiger partial charge in [0.25, 0.3) is 0 Å². The fourth-order valence-corrected chi connectivity index (χ4v) is 1.12. The van der Waals surface area contributed by atoms with Gasteiger partial charge in [-0.1, -0.05) is 0 Å². The molecule has 2 N–H and O–H groups in total. The first-order valence-electron chi connectivity index (χ1n) is 3.13. The predicted molar refractivity (Wildman–Crippen MR) is 47.1 cm³/mol. The molecule has 1 rings (SSSR count). The first-order chi connectivity index (χ1) is 5.25. The predicted octanol–water partition coefficient (Wildman–Crippen LogP) is 1.57. The largest absolute Gasteiger partial charge is 0.383 e. The molecule has 0 spiro atoms. The minimum atomic E-state index is 0.500. The maximum Gasteiger partial charge on any atom is 0.138 e. The molecule has 4 heteroatoms. The van der Waals surface area contributed by atoms with Crippen molar-refractivity contribution in [2.45, 2.75) is 6.61 Å². The van der Waals surface area contributed by atoms with Gasteiger partial charge in [-0.3, -0.25) is 0 Å². The van der Waals surface area contributed by atoms with Gasteiger partial charge in [0.05, 0.1) is 11.1 Å². The highest BCUT2D eigenvalue weighted by Crippen LogP contribution is 2.21. The Kier molecular flexibility index (Phi) is 2.84. The Hall–Kier alpha value is -0.610. The number of rotatable bonds is 2. The molecular weight excluding hydrogens is 208 g/mol. The van der Waals surface area contributed by atoms with E-state index in [0.717, 1.165) is 10.0 Å². The Morgan fingerprint density at radius 1 is 1.73 bits per heavy atom. The van der Waals surface area contributed by atoms with Crippen molar-refractivity contribution in [1.29, 1.82) is 0 Å². The standard InChI is InChI=1S/C7H9BrN2O/c1-11-4-5-2-3-10-7(9)6(5)8/h2-3H,4H2,1H3,(H2,9,10). The molecule has 11 heavy (non-hydrogen) atoms. The Bertz CT molecular complexity index is 252. The summed E-state index contributed by atoms with van der Waals surface area (Å²) in [5.41, 5.74) is 6.55. The van der Waals surface area contributed by atoms with Crippen molar-refractivity contribution >= 4 is 21.7 Å². The number of methoxy groups -OCH3 is 1. The molecule has 0 fully saturated rings. The van der Waals surface area contributed by atoms with Gasteiger partial charge in [0.1, 0.15) is 5.82 Å². The van der Waals surface area contributed by atoms with Gasteiger partial charge in [0, 0.05) is 13.3 Å². The summed E-state index contributed by atoms with van der Waals surface area (Å²) in [6, 6.07) is 1.87. The number of aromatic nitrogens is 1. The molecule has 0 amide bonds. The lowest BCUT2D eigenvalue weighted by atomic mass is 10.3. The average Bonchev–Trinajstić information content (AvgIpc) is 1.99. The number of hydrogen-bond acceptors (Lipinski definition) is 3. The normalized spacial score (nSPS) is 10.0. The molecule has 3 nitrogen and oxygen atoms in total. The molecule has 0 saturated heterocycles. The van der Waals surface area contributed by atoms with Crippen molar-refractivity contribution in [3.8, 4) is 0 Å². The maximum atomic E-state index is 5.54. The summed E-state index contributed by atoms with van der Waals surface area (Å²) < 4.78 is 5.77. The van der Waals surface area contributed by atoms with Crippen molar-refractivity contribution in [3.05, 3.63) is 22.3 Å². The molecule has 0 aliphatic heterocycles. The molecule has 1 heterocycles. The van der Waals surface area contributed by atoms with Crippen LogP contribution < -0.4 is 5.73 Å². The Balaban J connectivity index is 2.96. The van der Waals surface area contributed by atoms with Crippen LogP contribution in [0.3, 0.4) is 0 Å². The highest BCUT2D eigenvalue weighted by Gasteiger charge is 2.02. The molecule has 0 unspecified atom stereocenters. The fraction of sp³-hybridized carbons (Fsp3) is 0.286. The summed E-state index contributed by atoms with van der Waals surface area (Å²) in [5.74, 6) is 0.500. The van der Waals surface area contributed by atoms with Gasteiger partial charge in [0.15, 0.2) is 0 Å². The third-order valence-corrected chi connectivity index (χ3v) is 2.21. The van der Waals surface area contributed by atoms with E-state index in [0.29, 0.717) is 12.4 Å². The highest BCUT2D eigenvalue weighted by atomic mass is 79.9. The van der Waals surface area contributed by atoms with Crippen LogP contribution in [-0.4, -0.2) is 12.1 Å². The summed E-state index contributed by atoms with van der Waals surface area (Å²) in [6.45, 7) is 0.549. The zero-order valence-corrected chi connectivity index (χ0v) is 7.76. The van der Waals surface area contributed by atoms with Gasteiger partial charge in [0.2, 0.25) is 0 Å². The number of nitrogen functional groups attached to an aromatic ring is 1. The number of nitrogens with two attached hydrogens (primary N) is 1. The van der Waals surface area contributed by atoms with Crippen LogP contribution >= 0.6 is 15.9 Å². The van der Waals surface area contributed by atoms with Crippen LogP contribution in [0.5, 0.6) is 0 Å². The quantitative estimate of drug-likeness (QED) is 0.817. The van der Waals surface area contributed by atoms with E-state index >= 15 is 0 Å². The minimum absolute atomic E-state index is 0.500. The van der Waals surface area contributed by atoms with Crippen LogP contribution in [0.1, 0.15) is 5.56 Å². The first-order valence-corrected chi connectivity index (χ1v) is 3.92.